The number of rotatable bonds is 6. The molecule has 0 aromatic rings. The molecule has 1 unspecified atom stereocenters. The lowest BCUT2D eigenvalue weighted by atomic mass is 10.3. The molecule has 66 valence electrons. The molecule has 4 heteroatoms. The lowest BCUT2D eigenvalue weighted by Gasteiger charge is -2.07. The number of ether oxygens (including phenoxy) is 1. The van der Waals surface area contributed by atoms with E-state index in [1.54, 1.807) is 0 Å². The van der Waals surface area contributed by atoms with Gasteiger partial charge in [-0.25, -0.2) is 0 Å². The highest BCUT2D eigenvalue weighted by Crippen LogP contribution is 1.96. The van der Waals surface area contributed by atoms with Crippen LogP contribution in [0.4, 0.5) is 0 Å². The van der Waals surface area contributed by atoms with E-state index in [9.17, 15) is 4.79 Å². The molecule has 0 aliphatic heterocycles. The molecule has 2 N–H and O–H groups in total. The third kappa shape index (κ3) is 7.29. The van der Waals surface area contributed by atoms with Gasteiger partial charge in [-0.05, 0) is 6.42 Å². The van der Waals surface area contributed by atoms with Crippen molar-refractivity contribution in [2.45, 2.75) is 32.5 Å². The van der Waals surface area contributed by atoms with E-state index in [-0.39, 0.29) is 6.42 Å². The summed E-state index contributed by atoms with van der Waals surface area (Å²) in [5.41, 5.74) is 0. The number of aliphatic carboxylic acids is 1. The standard InChI is InChI=1S/C7H14O4/c1-2-3-4-11-7(10)5-6(8)9/h7,10H,2-5H2,1H3,(H,8,9). The second kappa shape index (κ2) is 6.12. The van der Waals surface area contributed by atoms with Gasteiger partial charge in [0.2, 0.25) is 0 Å². The summed E-state index contributed by atoms with van der Waals surface area (Å²) in [5, 5.41) is 17.0. The number of hydrogen-bond donors (Lipinski definition) is 2. The molecule has 0 saturated carbocycles. The molecule has 11 heavy (non-hydrogen) atoms. The maximum atomic E-state index is 10.0. The Bertz CT molecular complexity index is 113. The van der Waals surface area contributed by atoms with Gasteiger partial charge in [0.15, 0.2) is 6.29 Å². The minimum absolute atomic E-state index is 0.344. The largest absolute Gasteiger partial charge is 0.481 e. The lowest BCUT2D eigenvalue weighted by Crippen LogP contribution is -2.17. The van der Waals surface area contributed by atoms with Crippen molar-refractivity contribution >= 4 is 5.97 Å². The van der Waals surface area contributed by atoms with Crippen molar-refractivity contribution in [3.63, 3.8) is 0 Å². The molecule has 0 spiro atoms. The molecule has 0 radical (unpaired) electrons. The van der Waals surface area contributed by atoms with Crippen molar-refractivity contribution in [2.24, 2.45) is 0 Å². The molecule has 0 aromatic heterocycles. The van der Waals surface area contributed by atoms with Crippen LogP contribution < -0.4 is 0 Å². The highest BCUT2D eigenvalue weighted by atomic mass is 16.6. The Kier molecular flexibility index (Phi) is 5.78. The van der Waals surface area contributed by atoms with Gasteiger partial charge >= 0.3 is 5.97 Å². The normalized spacial score (nSPS) is 12.9. The van der Waals surface area contributed by atoms with E-state index in [0.717, 1.165) is 12.8 Å². The second-order valence-electron chi connectivity index (χ2n) is 2.28. The van der Waals surface area contributed by atoms with Crippen LogP contribution in [-0.4, -0.2) is 29.1 Å². The second-order valence-corrected chi connectivity index (χ2v) is 2.28. The fourth-order valence-corrected chi connectivity index (χ4v) is 0.572. The number of aliphatic hydroxyl groups is 1. The summed E-state index contributed by atoms with van der Waals surface area (Å²) in [6.45, 7) is 2.41. The van der Waals surface area contributed by atoms with Crippen LogP contribution in [0.25, 0.3) is 0 Å². The summed E-state index contributed by atoms with van der Waals surface area (Å²) in [7, 11) is 0. The molecule has 1 atom stereocenters. The van der Waals surface area contributed by atoms with Crippen LogP contribution in [0.15, 0.2) is 0 Å². The van der Waals surface area contributed by atoms with Gasteiger partial charge < -0.3 is 14.9 Å². The topological polar surface area (TPSA) is 66.8 Å². The van der Waals surface area contributed by atoms with Crippen LogP contribution in [0.1, 0.15) is 26.2 Å². The maximum absolute atomic E-state index is 10.0. The molecule has 0 aliphatic rings. The molecular formula is C7H14O4. The Morgan fingerprint density at radius 1 is 1.64 bits per heavy atom. The van der Waals surface area contributed by atoms with Crippen molar-refractivity contribution in [2.75, 3.05) is 6.61 Å². The first-order chi connectivity index (χ1) is 5.16. The quantitative estimate of drug-likeness (QED) is 0.443. The molecule has 0 fully saturated rings. The van der Waals surface area contributed by atoms with E-state index in [2.05, 4.69) is 0 Å². The molecule has 0 rings (SSSR count). The van der Waals surface area contributed by atoms with E-state index in [1.807, 2.05) is 6.92 Å². The Labute approximate surface area is 65.8 Å². The van der Waals surface area contributed by atoms with Crippen molar-refractivity contribution in [1.82, 2.24) is 0 Å². The predicted molar refractivity (Wildman–Crippen MR) is 39.1 cm³/mol. The smallest absolute Gasteiger partial charge is 0.308 e. The van der Waals surface area contributed by atoms with Gasteiger partial charge in [-0.15, -0.1) is 0 Å². The van der Waals surface area contributed by atoms with Gasteiger partial charge in [-0.1, -0.05) is 13.3 Å². The highest BCUT2D eigenvalue weighted by molar-refractivity contribution is 5.67. The van der Waals surface area contributed by atoms with Gasteiger partial charge in [0.25, 0.3) is 0 Å². The van der Waals surface area contributed by atoms with Crippen molar-refractivity contribution in [1.29, 1.82) is 0 Å². The number of unbranched alkanes of at least 4 members (excludes halogenated alkanes) is 1. The third-order valence-corrected chi connectivity index (χ3v) is 1.16. The monoisotopic (exact) mass is 162 g/mol. The Morgan fingerprint density at radius 2 is 2.27 bits per heavy atom. The molecule has 4 nitrogen and oxygen atoms in total. The fraction of sp³-hybridized carbons (Fsp3) is 0.857. The fourth-order valence-electron chi connectivity index (χ4n) is 0.572. The Balaban J connectivity index is 3.22. The highest BCUT2D eigenvalue weighted by Gasteiger charge is 2.08. The summed E-state index contributed by atoms with van der Waals surface area (Å²) in [4.78, 5) is 10.0. The van der Waals surface area contributed by atoms with E-state index in [1.165, 1.54) is 0 Å². The van der Waals surface area contributed by atoms with Crippen LogP contribution in [-0.2, 0) is 9.53 Å². The molecular weight excluding hydrogens is 148 g/mol. The number of aliphatic hydroxyl groups excluding tert-OH is 1. The van der Waals surface area contributed by atoms with Crippen molar-refractivity contribution in [3.8, 4) is 0 Å². The van der Waals surface area contributed by atoms with E-state index < -0.39 is 12.3 Å². The first-order valence-corrected chi connectivity index (χ1v) is 3.68. The van der Waals surface area contributed by atoms with Gasteiger partial charge in [0, 0.05) is 6.61 Å². The van der Waals surface area contributed by atoms with Gasteiger partial charge in [-0.2, -0.15) is 0 Å². The summed E-state index contributed by atoms with van der Waals surface area (Å²) in [6, 6.07) is 0. The zero-order valence-electron chi connectivity index (χ0n) is 6.62. The summed E-state index contributed by atoms with van der Waals surface area (Å²) >= 11 is 0. The van der Waals surface area contributed by atoms with Gasteiger partial charge in [-0.3, -0.25) is 4.79 Å². The Hall–Kier alpha value is -0.610. The van der Waals surface area contributed by atoms with Crippen LogP contribution in [0.3, 0.4) is 0 Å². The Morgan fingerprint density at radius 3 is 2.73 bits per heavy atom. The van der Waals surface area contributed by atoms with E-state index in [0.29, 0.717) is 6.61 Å². The molecule has 0 aliphatic carbocycles. The number of carboxylic acid groups (broad SMARTS) is 1. The van der Waals surface area contributed by atoms with Gasteiger partial charge in [0.05, 0.1) is 6.42 Å². The number of carbonyl (C=O) groups is 1. The van der Waals surface area contributed by atoms with E-state index >= 15 is 0 Å². The van der Waals surface area contributed by atoms with Crippen LogP contribution in [0.2, 0.25) is 0 Å². The summed E-state index contributed by atoms with van der Waals surface area (Å²) in [5.74, 6) is -1.05. The molecule has 0 amide bonds. The lowest BCUT2D eigenvalue weighted by molar-refractivity contribution is -0.152. The third-order valence-electron chi connectivity index (χ3n) is 1.16. The molecule has 0 bridgehead atoms. The van der Waals surface area contributed by atoms with Crippen LogP contribution >= 0.6 is 0 Å². The van der Waals surface area contributed by atoms with Crippen molar-refractivity contribution < 1.29 is 19.7 Å². The number of hydrogen-bond acceptors (Lipinski definition) is 3. The van der Waals surface area contributed by atoms with Crippen LogP contribution in [0, 0.1) is 0 Å². The summed E-state index contributed by atoms with van der Waals surface area (Å²) in [6.07, 6.45) is 0.319. The average molecular weight is 162 g/mol. The van der Waals surface area contributed by atoms with Crippen molar-refractivity contribution in [3.05, 3.63) is 0 Å². The first-order valence-electron chi connectivity index (χ1n) is 3.68. The maximum Gasteiger partial charge on any atom is 0.308 e. The van der Waals surface area contributed by atoms with Crippen LogP contribution in [0.5, 0.6) is 0 Å². The average Bonchev–Trinajstić information content (AvgIpc) is 1.86. The first kappa shape index (κ1) is 10.4. The minimum Gasteiger partial charge on any atom is -0.481 e. The van der Waals surface area contributed by atoms with E-state index in [4.69, 9.17) is 14.9 Å². The zero-order valence-corrected chi connectivity index (χ0v) is 6.62. The number of carboxylic acids is 1. The SMILES string of the molecule is CCCCOC(O)CC(=O)O. The van der Waals surface area contributed by atoms with Gasteiger partial charge in [0.1, 0.15) is 0 Å². The minimum atomic E-state index is -1.15. The molecule has 0 heterocycles. The molecule has 0 aromatic carbocycles. The zero-order chi connectivity index (χ0) is 8.69. The predicted octanol–water partition coefficient (Wildman–Crippen LogP) is 0.596. The summed E-state index contributed by atoms with van der Waals surface area (Å²) < 4.78 is 4.77. The molecule has 0 saturated heterocycles.